The van der Waals surface area contributed by atoms with Gasteiger partial charge in [-0.25, -0.2) is 4.98 Å². The van der Waals surface area contributed by atoms with E-state index >= 15 is 0 Å². The van der Waals surface area contributed by atoms with Gasteiger partial charge < -0.3 is 5.32 Å². The Bertz CT molecular complexity index is 1090. The maximum absolute atomic E-state index is 12.8. The number of carbonyl (C=O) groups excluding carboxylic acids is 2. The van der Waals surface area contributed by atoms with Gasteiger partial charge in [0.2, 0.25) is 5.91 Å². The number of Topliss-reactive ketones (excluding diaryl/α,β-unsaturated/α-hetero) is 1. The first-order valence-corrected chi connectivity index (χ1v) is 10.0. The number of rotatable bonds is 7. The molecule has 3 rings (SSSR count). The highest BCUT2D eigenvalue weighted by atomic mass is 32.2. The van der Waals surface area contributed by atoms with Crippen molar-refractivity contribution in [3.8, 4) is 0 Å². The van der Waals surface area contributed by atoms with Crippen molar-refractivity contribution in [2.45, 2.75) is 32.0 Å². The van der Waals surface area contributed by atoms with Crippen LogP contribution < -0.4 is 10.9 Å². The van der Waals surface area contributed by atoms with Crippen molar-refractivity contribution < 1.29 is 9.59 Å². The number of ketones is 1. The van der Waals surface area contributed by atoms with E-state index in [2.05, 4.69) is 10.3 Å². The minimum Gasteiger partial charge on any atom is -0.325 e. The Kier molecular flexibility index (Phi) is 6.26. The minimum absolute atomic E-state index is 0.0841. The van der Waals surface area contributed by atoms with Crippen LogP contribution in [-0.2, 0) is 11.3 Å². The van der Waals surface area contributed by atoms with Crippen molar-refractivity contribution in [2.24, 2.45) is 0 Å². The number of benzene rings is 2. The van der Waals surface area contributed by atoms with E-state index in [9.17, 15) is 14.4 Å². The molecule has 1 aromatic heterocycles. The van der Waals surface area contributed by atoms with Gasteiger partial charge in [0.15, 0.2) is 10.9 Å². The number of hydrogen-bond acceptors (Lipinski definition) is 5. The number of thioether (sulfide) groups is 1. The largest absolute Gasteiger partial charge is 0.325 e. The number of nitrogens with one attached hydrogen (secondary N) is 1. The molecule has 1 N–H and O–H groups in total. The first-order valence-electron chi connectivity index (χ1n) is 9.03. The summed E-state index contributed by atoms with van der Waals surface area (Å²) < 4.78 is 1.61. The third kappa shape index (κ3) is 4.31. The second-order valence-corrected chi connectivity index (χ2v) is 7.25. The summed E-state index contributed by atoms with van der Waals surface area (Å²) in [5, 5.41) is 3.85. The average Bonchev–Trinajstić information content (AvgIpc) is 2.69. The van der Waals surface area contributed by atoms with Crippen molar-refractivity contribution in [3.05, 3.63) is 64.4 Å². The number of para-hydroxylation sites is 2. The summed E-state index contributed by atoms with van der Waals surface area (Å²) in [6.45, 7) is 3.98. The van der Waals surface area contributed by atoms with Crippen LogP contribution in [0.4, 0.5) is 5.69 Å². The van der Waals surface area contributed by atoms with Crippen LogP contribution in [0.25, 0.3) is 10.9 Å². The molecule has 0 saturated carbocycles. The number of nitrogens with zero attached hydrogens (tertiary/aromatic N) is 2. The molecular weight excluding hydrogens is 374 g/mol. The van der Waals surface area contributed by atoms with Crippen LogP contribution in [0.2, 0.25) is 0 Å². The van der Waals surface area contributed by atoms with Gasteiger partial charge in [0.25, 0.3) is 5.56 Å². The van der Waals surface area contributed by atoms with Gasteiger partial charge >= 0.3 is 0 Å². The van der Waals surface area contributed by atoms with Crippen LogP contribution in [0, 0.1) is 0 Å². The zero-order valence-corrected chi connectivity index (χ0v) is 16.6. The van der Waals surface area contributed by atoms with Gasteiger partial charge in [0.05, 0.1) is 22.3 Å². The fourth-order valence-corrected chi connectivity index (χ4v) is 3.72. The Morgan fingerprint density at radius 1 is 1.11 bits per heavy atom. The van der Waals surface area contributed by atoms with Crippen molar-refractivity contribution in [1.29, 1.82) is 0 Å². The molecule has 2 aromatic carbocycles. The van der Waals surface area contributed by atoms with E-state index < -0.39 is 0 Å². The second kappa shape index (κ2) is 8.84. The zero-order chi connectivity index (χ0) is 20.1. The molecule has 144 valence electrons. The maximum atomic E-state index is 12.8. The Balaban J connectivity index is 1.81. The van der Waals surface area contributed by atoms with Gasteiger partial charge in [-0.3, -0.25) is 19.0 Å². The van der Waals surface area contributed by atoms with Crippen molar-refractivity contribution in [1.82, 2.24) is 9.55 Å². The van der Waals surface area contributed by atoms with Crippen LogP contribution >= 0.6 is 11.8 Å². The summed E-state index contributed by atoms with van der Waals surface area (Å²) in [5.41, 5.74) is 1.47. The Morgan fingerprint density at radius 2 is 1.82 bits per heavy atom. The first-order chi connectivity index (χ1) is 13.5. The fourth-order valence-electron chi connectivity index (χ4n) is 2.89. The Labute approximate surface area is 167 Å². The van der Waals surface area contributed by atoms with E-state index in [0.717, 1.165) is 6.42 Å². The van der Waals surface area contributed by atoms with Crippen molar-refractivity contribution >= 4 is 40.0 Å². The number of fused-ring (bicyclic) bond motifs is 1. The predicted octanol–water partition coefficient (Wildman–Crippen LogP) is 3.74. The molecule has 0 unspecified atom stereocenters. The van der Waals surface area contributed by atoms with Crippen molar-refractivity contribution in [2.75, 3.05) is 11.1 Å². The van der Waals surface area contributed by atoms with Gasteiger partial charge in [-0.05, 0) is 37.6 Å². The second-order valence-electron chi connectivity index (χ2n) is 6.31. The van der Waals surface area contributed by atoms with Gasteiger partial charge in [-0.15, -0.1) is 0 Å². The molecule has 6 nitrogen and oxygen atoms in total. The van der Waals surface area contributed by atoms with Gasteiger partial charge in [-0.1, -0.05) is 43.0 Å². The van der Waals surface area contributed by atoms with Gasteiger partial charge in [-0.2, -0.15) is 0 Å². The summed E-state index contributed by atoms with van der Waals surface area (Å²) in [6.07, 6.45) is 0.783. The van der Waals surface area contributed by atoms with Crippen LogP contribution in [-0.4, -0.2) is 27.0 Å². The standard InChI is InChI=1S/C21H21N3O3S/c1-3-12-24-20(27)16-9-5-7-11-18(16)23-21(24)28-13-19(26)22-17-10-6-4-8-15(17)14(2)25/h4-11H,3,12-13H2,1-2H3,(H,22,26). The lowest BCUT2D eigenvalue weighted by molar-refractivity contribution is -0.113. The molecule has 0 aliphatic carbocycles. The molecule has 0 aliphatic heterocycles. The predicted molar refractivity (Wildman–Crippen MR) is 112 cm³/mol. The minimum atomic E-state index is -0.260. The van der Waals surface area contributed by atoms with E-state index in [0.29, 0.717) is 33.9 Å². The number of hydrogen-bond donors (Lipinski definition) is 1. The zero-order valence-electron chi connectivity index (χ0n) is 15.8. The molecule has 0 atom stereocenters. The monoisotopic (exact) mass is 395 g/mol. The van der Waals surface area contributed by atoms with Crippen LogP contribution in [0.1, 0.15) is 30.6 Å². The van der Waals surface area contributed by atoms with E-state index in [1.807, 2.05) is 19.1 Å². The van der Waals surface area contributed by atoms with Crippen LogP contribution in [0.5, 0.6) is 0 Å². The summed E-state index contributed by atoms with van der Waals surface area (Å²) >= 11 is 1.21. The lowest BCUT2D eigenvalue weighted by atomic mass is 10.1. The number of aromatic nitrogens is 2. The highest BCUT2D eigenvalue weighted by molar-refractivity contribution is 7.99. The van der Waals surface area contributed by atoms with Crippen molar-refractivity contribution in [3.63, 3.8) is 0 Å². The Hall–Kier alpha value is -2.93. The highest BCUT2D eigenvalue weighted by Crippen LogP contribution is 2.20. The lowest BCUT2D eigenvalue weighted by Gasteiger charge is -2.13. The highest BCUT2D eigenvalue weighted by Gasteiger charge is 2.14. The van der Waals surface area contributed by atoms with E-state index in [4.69, 9.17) is 0 Å². The quantitative estimate of drug-likeness (QED) is 0.374. The Morgan fingerprint density at radius 3 is 2.57 bits per heavy atom. The third-order valence-corrected chi connectivity index (χ3v) is 5.16. The molecule has 0 bridgehead atoms. The summed E-state index contributed by atoms with van der Waals surface area (Å²) in [4.78, 5) is 41.5. The van der Waals surface area contributed by atoms with Crippen LogP contribution in [0.15, 0.2) is 58.5 Å². The molecule has 1 heterocycles. The number of anilines is 1. The smallest absolute Gasteiger partial charge is 0.262 e. The summed E-state index contributed by atoms with van der Waals surface area (Å²) in [7, 11) is 0. The van der Waals surface area contributed by atoms with E-state index in [-0.39, 0.29) is 23.0 Å². The molecule has 0 spiro atoms. The van der Waals surface area contributed by atoms with Crippen LogP contribution in [0.3, 0.4) is 0 Å². The molecule has 3 aromatic rings. The summed E-state index contributed by atoms with van der Waals surface area (Å²) in [5.74, 6) is -0.290. The molecule has 0 aliphatic rings. The maximum Gasteiger partial charge on any atom is 0.262 e. The third-order valence-electron chi connectivity index (χ3n) is 4.19. The molecule has 0 radical (unpaired) electrons. The number of amides is 1. The topological polar surface area (TPSA) is 81.1 Å². The SMILES string of the molecule is CCCn1c(SCC(=O)Nc2ccccc2C(C)=O)nc2ccccc2c1=O. The van der Waals surface area contributed by atoms with E-state index in [1.165, 1.54) is 18.7 Å². The van der Waals surface area contributed by atoms with E-state index in [1.54, 1.807) is 41.0 Å². The molecule has 28 heavy (non-hydrogen) atoms. The summed E-state index contributed by atoms with van der Waals surface area (Å²) in [6, 6.07) is 14.1. The normalized spacial score (nSPS) is 10.8. The molecule has 0 saturated heterocycles. The molecule has 0 fully saturated rings. The molecular formula is C21H21N3O3S. The molecule has 1 amide bonds. The fraction of sp³-hybridized carbons (Fsp3) is 0.238. The lowest BCUT2D eigenvalue weighted by Crippen LogP contribution is -2.24. The van der Waals surface area contributed by atoms with Gasteiger partial charge in [0.1, 0.15) is 0 Å². The average molecular weight is 395 g/mol. The number of carbonyl (C=O) groups is 2. The first kappa shape index (κ1) is 19.8. The molecule has 7 heteroatoms. The van der Waals surface area contributed by atoms with Gasteiger partial charge in [0, 0.05) is 12.1 Å².